The lowest BCUT2D eigenvalue weighted by atomic mass is 9.96. The van der Waals surface area contributed by atoms with Crippen molar-refractivity contribution in [2.24, 2.45) is 11.8 Å². The molecule has 5 atom stereocenters. The molecule has 0 bridgehead atoms. The van der Waals surface area contributed by atoms with Crippen LogP contribution in [0.15, 0.2) is 48.8 Å². The van der Waals surface area contributed by atoms with Crippen LogP contribution in [0.3, 0.4) is 0 Å². The predicted molar refractivity (Wildman–Crippen MR) is 140 cm³/mol. The molecular weight excluding hydrogens is 484 g/mol. The van der Waals surface area contributed by atoms with Crippen molar-refractivity contribution in [2.75, 3.05) is 20.2 Å². The van der Waals surface area contributed by atoms with Crippen molar-refractivity contribution in [3.63, 3.8) is 0 Å². The first-order chi connectivity index (χ1) is 18.5. The van der Waals surface area contributed by atoms with Crippen LogP contribution in [0, 0.1) is 23.2 Å². The van der Waals surface area contributed by atoms with Crippen LogP contribution in [-0.4, -0.2) is 64.1 Å². The zero-order valence-corrected chi connectivity index (χ0v) is 21.3. The summed E-state index contributed by atoms with van der Waals surface area (Å²) in [4.78, 5) is 34.8. The Morgan fingerprint density at radius 1 is 1.37 bits per heavy atom. The maximum Gasteiger partial charge on any atom is 0.238 e. The van der Waals surface area contributed by atoms with Gasteiger partial charge in [0.25, 0.3) is 0 Å². The summed E-state index contributed by atoms with van der Waals surface area (Å²) in [7, 11) is 1.60. The summed E-state index contributed by atoms with van der Waals surface area (Å²) >= 11 is 0. The fourth-order valence-corrected chi connectivity index (χ4v) is 5.69. The van der Waals surface area contributed by atoms with Crippen LogP contribution >= 0.6 is 0 Å². The van der Waals surface area contributed by atoms with Crippen molar-refractivity contribution in [1.82, 2.24) is 25.5 Å². The molecule has 0 spiro atoms. The molecule has 2 aliphatic heterocycles. The number of H-pyrrole nitrogens is 1. The summed E-state index contributed by atoms with van der Waals surface area (Å²) < 4.78 is 5.46. The summed E-state index contributed by atoms with van der Waals surface area (Å²) in [5.74, 6) is 0.101. The van der Waals surface area contributed by atoms with Gasteiger partial charge in [0.15, 0.2) is 0 Å². The van der Waals surface area contributed by atoms with E-state index in [9.17, 15) is 20.0 Å². The summed E-state index contributed by atoms with van der Waals surface area (Å²) in [6.07, 6.45) is 4.62. The number of rotatable bonds is 9. The van der Waals surface area contributed by atoms with Crippen LogP contribution in [-0.2, 0) is 16.0 Å². The lowest BCUT2D eigenvalue weighted by Crippen LogP contribution is -2.48. The van der Waals surface area contributed by atoms with E-state index in [0.29, 0.717) is 43.8 Å². The van der Waals surface area contributed by atoms with Crippen LogP contribution in [0.5, 0.6) is 5.75 Å². The third-order valence-corrected chi connectivity index (χ3v) is 7.59. The Hall–Kier alpha value is -3.94. The number of aliphatic hydroxyl groups excluding tert-OH is 1. The fourth-order valence-electron chi connectivity index (χ4n) is 5.69. The molecule has 2 aromatic heterocycles. The Morgan fingerprint density at radius 3 is 2.95 bits per heavy atom. The average molecular weight is 517 g/mol. The lowest BCUT2D eigenvalue weighted by molar-refractivity contribution is -0.130. The minimum absolute atomic E-state index is 0.0804. The van der Waals surface area contributed by atoms with E-state index in [1.807, 2.05) is 42.6 Å². The number of ether oxygens (including phenoxy) is 1. The number of hydrogen-bond donors (Lipinski definition) is 4. The number of methoxy groups -OCH3 is 1. The summed E-state index contributed by atoms with van der Waals surface area (Å²) in [5.41, 5.74) is 2.44. The van der Waals surface area contributed by atoms with Gasteiger partial charge in [0, 0.05) is 42.3 Å². The molecule has 0 saturated carbocycles. The number of hydrogen-bond acceptors (Lipinski definition) is 7. The number of likely N-dealkylation sites (tertiary alicyclic amines) is 1. The Bertz CT molecular complexity index is 1340. The first-order valence-electron chi connectivity index (χ1n) is 12.9. The van der Waals surface area contributed by atoms with E-state index in [0.717, 1.165) is 16.5 Å². The SMILES string of the molecule is COc1cccc2[nH]c(C(O)N3C[C@H](Cc4cccnc4)C[C@H]3C(=O)N[C@H](C#N)C[C@@H]3CCNC3=O)cc12. The molecule has 0 radical (unpaired) electrons. The molecule has 198 valence electrons. The summed E-state index contributed by atoms with van der Waals surface area (Å²) in [6, 6.07) is 12.1. The highest BCUT2D eigenvalue weighted by Gasteiger charge is 2.41. The van der Waals surface area contributed by atoms with Crippen molar-refractivity contribution in [1.29, 1.82) is 5.26 Å². The number of carbonyl (C=O) groups is 2. The number of nitriles is 1. The minimum atomic E-state index is -1.07. The van der Waals surface area contributed by atoms with Crippen LogP contribution < -0.4 is 15.4 Å². The molecule has 10 heteroatoms. The molecule has 38 heavy (non-hydrogen) atoms. The van der Waals surface area contributed by atoms with Crippen LogP contribution in [0.4, 0.5) is 0 Å². The molecular formula is C28H32N6O4. The van der Waals surface area contributed by atoms with Crippen molar-refractivity contribution in [2.45, 2.75) is 44.0 Å². The molecule has 1 aromatic carbocycles. The van der Waals surface area contributed by atoms with E-state index in [2.05, 4.69) is 26.7 Å². The number of amides is 2. The van der Waals surface area contributed by atoms with Crippen molar-refractivity contribution in [3.8, 4) is 11.8 Å². The van der Waals surface area contributed by atoms with Gasteiger partial charge in [-0.1, -0.05) is 12.1 Å². The highest BCUT2D eigenvalue weighted by Crippen LogP contribution is 2.35. The number of aliphatic hydroxyl groups is 1. The summed E-state index contributed by atoms with van der Waals surface area (Å²) in [5, 5.41) is 27.7. The highest BCUT2D eigenvalue weighted by molar-refractivity contribution is 5.87. The molecule has 1 unspecified atom stereocenters. The number of benzene rings is 1. The second kappa shape index (κ2) is 11.2. The number of carbonyl (C=O) groups excluding carboxylic acids is 2. The molecule has 10 nitrogen and oxygen atoms in total. The van der Waals surface area contributed by atoms with Gasteiger partial charge in [0.2, 0.25) is 11.8 Å². The number of aromatic nitrogens is 2. The standard InChI is InChI=1S/C28H32N6O4/c1-38-25-6-2-5-22-21(25)13-23(33-22)28(37)34-16-18(10-17-4-3-8-30-15-17)11-24(34)27(36)32-20(14-29)12-19-7-9-31-26(19)35/h2-6,8,13,15,18-20,24,28,33,37H,7,9-12,16H2,1H3,(H,31,35)(H,32,36)/t18-,19+,20+,24+,28?/m1/s1. The van der Waals surface area contributed by atoms with E-state index >= 15 is 0 Å². The molecule has 0 aliphatic carbocycles. The van der Waals surface area contributed by atoms with E-state index in [1.54, 1.807) is 18.2 Å². The third kappa shape index (κ3) is 5.35. The van der Waals surface area contributed by atoms with Crippen molar-refractivity contribution < 1.29 is 19.4 Å². The first-order valence-corrected chi connectivity index (χ1v) is 12.9. The maximum atomic E-state index is 13.5. The second-order valence-electron chi connectivity index (χ2n) is 10.1. The second-order valence-corrected chi connectivity index (χ2v) is 10.1. The molecule has 3 aromatic rings. The molecule has 2 fully saturated rings. The Balaban J connectivity index is 1.37. The van der Waals surface area contributed by atoms with Gasteiger partial charge in [-0.15, -0.1) is 0 Å². The van der Waals surface area contributed by atoms with Crippen LogP contribution in [0.2, 0.25) is 0 Å². The predicted octanol–water partition coefficient (Wildman–Crippen LogP) is 2.03. The quantitative estimate of drug-likeness (QED) is 0.341. The van der Waals surface area contributed by atoms with E-state index in [4.69, 9.17) is 4.74 Å². The monoisotopic (exact) mass is 516 g/mol. The Morgan fingerprint density at radius 2 is 2.24 bits per heavy atom. The highest BCUT2D eigenvalue weighted by atomic mass is 16.5. The van der Waals surface area contributed by atoms with Crippen LogP contribution in [0.25, 0.3) is 10.9 Å². The van der Waals surface area contributed by atoms with Gasteiger partial charge in [-0.3, -0.25) is 19.5 Å². The van der Waals surface area contributed by atoms with Gasteiger partial charge in [-0.05, 0) is 61.4 Å². The van der Waals surface area contributed by atoms with Crippen molar-refractivity contribution >= 4 is 22.7 Å². The first kappa shape index (κ1) is 25.7. The van der Waals surface area contributed by atoms with Crippen molar-refractivity contribution in [3.05, 3.63) is 60.0 Å². The van der Waals surface area contributed by atoms with Gasteiger partial charge in [0.1, 0.15) is 18.0 Å². The average Bonchev–Trinajstić information content (AvgIpc) is 3.66. The van der Waals surface area contributed by atoms with E-state index in [1.165, 1.54) is 0 Å². The molecule has 2 aliphatic rings. The molecule has 4 N–H and O–H groups in total. The van der Waals surface area contributed by atoms with Crippen LogP contribution in [0.1, 0.15) is 36.7 Å². The third-order valence-electron chi connectivity index (χ3n) is 7.59. The molecule has 5 rings (SSSR count). The van der Waals surface area contributed by atoms with Gasteiger partial charge < -0.3 is 25.5 Å². The minimum Gasteiger partial charge on any atom is -0.496 e. The Labute approximate surface area is 221 Å². The van der Waals surface area contributed by atoms with E-state index in [-0.39, 0.29) is 30.1 Å². The van der Waals surface area contributed by atoms with Gasteiger partial charge >= 0.3 is 0 Å². The zero-order valence-electron chi connectivity index (χ0n) is 21.3. The summed E-state index contributed by atoms with van der Waals surface area (Å²) in [6.45, 7) is 1.08. The number of pyridine rings is 1. The zero-order chi connectivity index (χ0) is 26.6. The molecule has 4 heterocycles. The molecule has 2 saturated heterocycles. The smallest absolute Gasteiger partial charge is 0.238 e. The number of aromatic amines is 1. The number of nitrogens with one attached hydrogen (secondary N) is 3. The number of fused-ring (bicyclic) bond motifs is 1. The van der Waals surface area contributed by atoms with Gasteiger partial charge in [0.05, 0.1) is 24.9 Å². The largest absolute Gasteiger partial charge is 0.496 e. The fraction of sp³-hybridized carbons (Fsp3) is 0.429. The number of nitrogens with zero attached hydrogens (tertiary/aromatic N) is 3. The van der Waals surface area contributed by atoms with E-state index < -0.39 is 18.3 Å². The maximum absolute atomic E-state index is 13.5. The van der Waals surface area contributed by atoms with Gasteiger partial charge in [-0.25, -0.2) is 0 Å². The lowest BCUT2D eigenvalue weighted by Gasteiger charge is -2.29. The Kier molecular flexibility index (Phi) is 7.58. The molecule has 2 amide bonds. The topological polar surface area (TPSA) is 143 Å². The normalized spacial score (nSPS) is 23.1. The van der Waals surface area contributed by atoms with Gasteiger partial charge in [-0.2, -0.15) is 5.26 Å².